The Labute approximate surface area is 219 Å². The van der Waals surface area contributed by atoms with Crippen LogP contribution in [0.1, 0.15) is 11.1 Å². The van der Waals surface area contributed by atoms with Crippen LogP contribution < -0.4 is 9.62 Å². The average molecular weight is 576 g/mol. The highest BCUT2D eigenvalue weighted by Gasteiger charge is 2.33. The van der Waals surface area contributed by atoms with Crippen molar-refractivity contribution in [1.82, 2.24) is 10.2 Å². The van der Waals surface area contributed by atoms with Crippen LogP contribution in [0.4, 0.5) is 10.1 Å². The molecule has 36 heavy (non-hydrogen) atoms. The van der Waals surface area contributed by atoms with Crippen LogP contribution in [-0.2, 0) is 32.6 Å². The molecule has 190 valence electrons. The highest BCUT2D eigenvalue weighted by atomic mass is 79.9. The molecule has 1 atom stereocenters. The summed E-state index contributed by atoms with van der Waals surface area (Å²) in [4.78, 5) is 28.0. The third-order valence-corrected chi connectivity index (χ3v) is 7.23. The molecule has 3 aromatic rings. The Morgan fingerprint density at radius 1 is 1.00 bits per heavy atom. The van der Waals surface area contributed by atoms with Gasteiger partial charge in [-0.15, -0.1) is 0 Å². The molecular weight excluding hydrogens is 549 g/mol. The fraction of sp³-hybridized carbons (Fsp3) is 0.231. The third-order valence-electron chi connectivity index (χ3n) is 5.59. The van der Waals surface area contributed by atoms with E-state index in [0.717, 1.165) is 16.1 Å². The fourth-order valence-electron chi connectivity index (χ4n) is 3.78. The van der Waals surface area contributed by atoms with Gasteiger partial charge in [-0.2, -0.15) is 0 Å². The van der Waals surface area contributed by atoms with Gasteiger partial charge in [0.25, 0.3) is 0 Å². The maximum absolute atomic E-state index is 14.6. The lowest BCUT2D eigenvalue weighted by molar-refractivity contribution is -0.139. The number of benzene rings is 3. The Balaban J connectivity index is 2.04. The first-order chi connectivity index (χ1) is 17.1. The first-order valence-electron chi connectivity index (χ1n) is 11.1. The van der Waals surface area contributed by atoms with E-state index in [1.807, 2.05) is 30.3 Å². The van der Waals surface area contributed by atoms with Crippen LogP contribution in [0.15, 0.2) is 83.3 Å². The van der Waals surface area contributed by atoms with Crippen LogP contribution in [-0.4, -0.2) is 51.0 Å². The maximum atomic E-state index is 14.6. The third kappa shape index (κ3) is 7.14. The van der Waals surface area contributed by atoms with Crippen molar-refractivity contribution in [2.75, 3.05) is 24.2 Å². The topological polar surface area (TPSA) is 86.8 Å². The highest BCUT2D eigenvalue weighted by Crippen LogP contribution is 2.23. The van der Waals surface area contributed by atoms with Gasteiger partial charge in [-0.1, -0.05) is 70.5 Å². The number of carbonyl (C=O) groups excluding carboxylic acids is 2. The summed E-state index contributed by atoms with van der Waals surface area (Å²) in [5.41, 5.74) is 1.29. The van der Waals surface area contributed by atoms with E-state index in [1.165, 1.54) is 30.1 Å². The van der Waals surface area contributed by atoms with Gasteiger partial charge >= 0.3 is 0 Å². The molecule has 7 nitrogen and oxygen atoms in total. The summed E-state index contributed by atoms with van der Waals surface area (Å²) in [6.45, 7) is -0.779. The summed E-state index contributed by atoms with van der Waals surface area (Å²) in [5.74, 6) is -1.62. The minimum atomic E-state index is -3.86. The standard InChI is InChI=1S/C26H27BrFN3O4S/c1-29-26(33)24(15-19-9-4-3-5-10-19)30(17-20-11-6-7-14-23(20)28)25(32)18-31(36(2,34)35)22-13-8-12-21(27)16-22/h3-14,16,24H,15,17-18H2,1-2H3,(H,29,33)/t24-/m0/s1. The predicted octanol–water partition coefficient (Wildman–Crippen LogP) is 3.74. The van der Waals surface area contributed by atoms with Gasteiger partial charge in [0.2, 0.25) is 21.8 Å². The Hall–Kier alpha value is -3.24. The Kier molecular flexibility index (Phi) is 9.22. The molecule has 3 aromatic carbocycles. The molecule has 3 rings (SSSR count). The second-order valence-electron chi connectivity index (χ2n) is 8.18. The van der Waals surface area contributed by atoms with Crippen molar-refractivity contribution in [3.05, 3.63) is 100 Å². The van der Waals surface area contributed by atoms with Gasteiger partial charge < -0.3 is 10.2 Å². The summed E-state index contributed by atoms with van der Waals surface area (Å²) in [5, 5.41) is 2.58. The summed E-state index contributed by atoms with van der Waals surface area (Å²) >= 11 is 3.32. The summed E-state index contributed by atoms with van der Waals surface area (Å²) in [7, 11) is -2.41. The molecule has 0 bridgehead atoms. The number of rotatable bonds is 10. The summed E-state index contributed by atoms with van der Waals surface area (Å²) < 4.78 is 41.5. The van der Waals surface area contributed by atoms with Crippen LogP contribution in [0.2, 0.25) is 0 Å². The van der Waals surface area contributed by atoms with Crippen molar-refractivity contribution in [2.45, 2.75) is 19.0 Å². The zero-order valence-electron chi connectivity index (χ0n) is 19.9. The molecule has 0 saturated carbocycles. The number of halogens is 2. The molecule has 2 amide bonds. The molecule has 0 heterocycles. The number of hydrogen-bond donors (Lipinski definition) is 1. The first-order valence-corrected chi connectivity index (χ1v) is 13.8. The van der Waals surface area contributed by atoms with Gasteiger partial charge in [0, 0.05) is 30.0 Å². The number of anilines is 1. The van der Waals surface area contributed by atoms with Gasteiger partial charge in [0.05, 0.1) is 11.9 Å². The van der Waals surface area contributed by atoms with Crippen molar-refractivity contribution in [3.8, 4) is 0 Å². The molecule has 0 fully saturated rings. The van der Waals surface area contributed by atoms with Gasteiger partial charge in [-0.05, 0) is 29.8 Å². The minimum Gasteiger partial charge on any atom is -0.357 e. The van der Waals surface area contributed by atoms with Crippen molar-refractivity contribution in [1.29, 1.82) is 0 Å². The minimum absolute atomic E-state index is 0.163. The molecule has 1 N–H and O–H groups in total. The van der Waals surface area contributed by atoms with E-state index in [4.69, 9.17) is 0 Å². The largest absolute Gasteiger partial charge is 0.357 e. The molecule has 0 radical (unpaired) electrons. The Morgan fingerprint density at radius 3 is 2.28 bits per heavy atom. The molecule has 0 aliphatic carbocycles. The second kappa shape index (κ2) is 12.1. The van der Waals surface area contributed by atoms with Crippen molar-refractivity contribution in [2.24, 2.45) is 0 Å². The summed E-state index contributed by atoms with van der Waals surface area (Å²) in [6, 6.07) is 20.6. The number of nitrogens with one attached hydrogen (secondary N) is 1. The number of nitrogens with zero attached hydrogens (tertiary/aromatic N) is 2. The number of hydrogen-bond acceptors (Lipinski definition) is 4. The first kappa shape index (κ1) is 27.3. The highest BCUT2D eigenvalue weighted by molar-refractivity contribution is 9.10. The maximum Gasteiger partial charge on any atom is 0.244 e. The van der Waals surface area contributed by atoms with Gasteiger partial charge in [0.15, 0.2) is 0 Å². The molecule has 0 saturated heterocycles. The van der Waals surface area contributed by atoms with E-state index in [1.54, 1.807) is 30.3 Å². The quantitative estimate of drug-likeness (QED) is 0.399. The molecule has 0 aliphatic rings. The van der Waals surface area contributed by atoms with E-state index in [2.05, 4.69) is 21.2 Å². The van der Waals surface area contributed by atoms with E-state index in [-0.39, 0.29) is 24.2 Å². The van der Waals surface area contributed by atoms with Crippen molar-refractivity contribution >= 4 is 43.5 Å². The van der Waals surface area contributed by atoms with Crippen molar-refractivity contribution in [3.63, 3.8) is 0 Å². The van der Waals surface area contributed by atoms with Gasteiger partial charge in [-0.3, -0.25) is 13.9 Å². The zero-order valence-corrected chi connectivity index (χ0v) is 22.3. The molecule has 0 aromatic heterocycles. The SMILES string of the molecule is CNC(=O)[C@H](Cc1ccccc1)N(Cc1ccccc1F)C(=O)CN(c1cccc(Br)c1)S(C)(=O)=O. The van der Waals surface area contributed by atoms with Crippen LogP contribution in [0.25, 0.3) is 0 Å². The molecule has 0 aliphatic heterocycles. The van der Waals surface area contributed by atoms with E-state index >= 15 is 0 Å². The van der Waals surface area contributed by atoms with Gasteiger partial charge in [-0.25, -0.2) is 12.8 Å². The zero-order chi connectivity index (χ0) is 26.3. The van der Waals surface area contributed by atoms with E-state index in [9.17, 15) is 22.4 Å². The monoisotopic (exact) mass is 575 g/mol. The van der Waals surface area contributed by atoms with Crippen molar-refractivity contribution < 1.29 is 22.4 Å². The van der Waals surface area contributed by atoms with Crippen LogP contribution in [0.3, 0.4) is 0 Å². The van der Waals surface area contributed by atoms with E-state index in [0.29, 0.717) is 4.47 Å². The number of sulfonamides is 1. The lowest BCUT2D eigenvalue weighted by Crippen LogP contribution is -2.53. The molecule has 0 unspecified atom stereocenters. The average Bonchev–Trinajstić information content (AvgIpc) is 2.85. The smallest absolute Gasteiger partial charge is 0.244 e. The molecule has 0 spiro atoms. The Morgan fingerprint density at radius 2 is 1.67 bits per heavy atom. The second-order valence-corrected chi connectivity index (χ2v) is 11.0. The Bertz CT molecular complexity index is 1320. The lowest BCUT2D eigenvalue weighted by Gasteiger charge is -2.33. The molecule has 10 heteroatoms. The number of carbonyl (C=O) groups is 2. The summed E-state index contributed by atoms with van der Waals surface area (Å²) in [6.07, 6.45) is 1.17. The predicted molar refractivity (Wildman–Crippen MR) is 141 cm³/mol. The van der Waals surface area contributed by atoms with Crippen LogP contribution in [0.5, 0.6) is 0 Å². The number of amides is 2. The van der Waals surface area contributed by atoms with Crippen LogP contribution in [0, 0.1) is 5.82 Å². The lowest BCUT2D eigenvalue weighted by atomic mass is 10.0. The van der Waals surface area contributed by atoms with E-state index < -0.39 is 40.2 Å². The van der Waals surface area contributed by atoms with Crippen LogP contribution >= 0.6 is 15.9 Å². The van der Waals surface area contributed by atoms with Gasteiger partial charge in [0.1, 0.15) is 18.4 Å². The normalized spacial score (nSPS) is 12.0. The molecular formula is C26H27BrFN3O4S. The fourth-order valence-corrected chi connectivity index (χ4v) is 5.00. The number of likely N-dealkylation sites (N-methyl/N-ethyl adjacent to an activating group) is 1.